The van der Waals surface area contributed by atoms with E-state index < -0.39 is 145 Å². The van der Waals surface area contributed by atoms with Crippen LogP contribution in [0.5, 0.6) is 0 Å². The van der Waals surface area contributed by atoms with Crippen molar-refractivity contribution in [2.45, 2.75) is 211 Å². The van der Waals surface area contributed by atoms with Gasteiger partial charge in [0.25, 0.3) is 0 Å². The van der Waals surface area contributed by atoms with Crippen LogP contribution in [-0.4, -0.2) is 217 Å². The quantitative estimate of drug-likeness (QED) is 0.0562. The maximum absolute atomic E-state index is 12.1. The predicted molar refractivity (Wildman–Crippen MR) is 284 cm³/mol. The van der Waals surface area contributed by atoms with Crippen molar-refractivity contribution in [1.82, 2.24) is 20.3 Å². The van der Waals surface area contributed by atoms with Gasteiger partial charge in [-0.05, 0) is 88.8 Å². The highest BCUT2D eigenvalue weighted by Gasteiger charge is 2.48. The molecule has 0 saturated carbocycles. The molecule has 0 aliphatic carbocycles. The highest BCUT2D eigenvalue weighted by atomic mass is 35.6. The molecule has 4 aliphatic rings. The van der Waals surface area contributed by atoms with Gasteiger partial charge in [-0.3, -0.25) is 19.2 Å². The number of alkyl halides is 3. The Morgan fingerprint density at radius 1 is 0.475 bits per heavy atom. The van der Waals surface area contributed by atoms with E-state index in [0.717, 1.165) is 0 Å². The molecule has 2 amide bonds. The number of carbonyl (C=O) groups is 6. The molecule has 4 heterocycles. The van der Waals surface area contributed by atoms with E-state index in [1.807, 2.05) is 27.7 Å². The molecule has 0 bridgehead atoms. The van der Waals surface area contributed by atoms with Crippen LogP contribution in [0.2, 0.25) is 0 Å². The minimum atomic E-state index is -1.55. The third-order valence-electron chi connectivity index (χ3n) is 12.1. The van der Waals surface area contributed by atoms with Gasteiger partial charge < -0.3 is 98.9 Å². The van der Waals surface area contributed by atoms with Crippen LogP contribution >= 0.6 is 58.4 Å². The van der Waals surface area contributed by atoms with E-state index >= 15 is 0 Å². The minimum absolute atomic E-state index is 0.0499. The van der Waals surface area contributed by atoms with Crippen molar-refractivity contribution in [2.75, 3.05) is 26.4 Å². The number of carbonyl (C=O) groups excluding carboxylic acids is 6. The molecule has 33 heteroatoms. The number of halogens is 5. The zero-order valence-electron chi connectivity index (χ0n) is 47.0. The monoisotopic (exact) mass is 1260 g/mol. The van der Waals surface area contributed by atoms with Crippen LogP contribution in [0.3, 0.4) is 0 Å². The molecule has 470 valence electrons. The van der Waals surface area contributed by atoms with Gasteiger partial charge in [0.15, 0.2) is 16.9 Å². The van der Waals surface area contributed by atoms with Crippen molar-refractivity contribution in [3.63, 3.8) is 0 Å². The molecule has 0 aromatic carbocycles. The Balaban J connectivity index is 0.00000104. The van der Waals surface area contributed by atoms with E-state index in [-0.39, 0.29) is 55.0 Å². The number of amides is 2. The summed E-state index contributed by atoms with van der Waals surface area (Å²) in [4.78, 5) is 72.7. The van der Waals surface area contributed by atoms with E-state index in [1.54, 1.807) is 41.5 Å². The Hall–Kier alpha value is -2.69. The number of esters is 4. The van der Waals surface area contributed by atoms with Gasteiger partial charge >= 0.3 is 36.1 Å². The summed E-state index contributed by atoms with van der Waals surface area (Å²) >= 11 is 25.3. The third kappa shape index (κ3) is 28.3. The first-order chi connectivity index (χ1) is 36.8. The maximum atomic E-state index is 12.1. The Morgan fingerprint density at radius 2 is 0.787 bits per heavy atom. The summed E-state index contributed by atoms with van der Waals surface area (Å²) in [7, 11) is 0. The van der Waals surface area contributed by atoms with Gasteiger partial charge in [-0.1, -0.05) is 62.5 Å². The summed E-state index contributed by atoms with van der Waals surface area (Å²) in [5.74, 6) is -1.73. The van der Waals surface area contributed by atoms with E-state index in [4.69, 9.17) is 116 Å². The summed E-state index contributed by atoms with van der Waals surface area (Å²) in [5, 5.41) is 79.5. The zero-order valence-corrected chi connectivity index (χ0v) is 50.7. The minimum Gasteiger partial charge on any atom is -0.463 e. The van der Waals surface area contributed by atoms with E-state index in [1.165, 1.54) is 27.7 Å². The molecular formula is C47H83Cl5N4O24. The Labute approximate surface area is 490 Å². The average Bonchev–Trinajstić information content (AvgIpc) is 3.32. The summed E-state index contributed by atoms with van der Waals surface area (Å²) in [5.41, 5.74) is -1.38. The van der Waals surface area contributed by atoms with Gasteiger partial charge in [-0.2, -0.15) is 0 Å². The molecule has 0 aromatic heterocycles. The molecule has 8 unspecified atom stereocenters. The Bertz CT molecular complexity index is 1880. The van der Waals surface area contributed by atoms with Gasteiger partial charge in [0.2, 0.25) is 12.6 Å². The van der Waals surface area contributed by atoms with Crippen LogP contribution < -0.4 is 20.3 Å². The fraction of sp³-hybridized carbons (Fsp3) is 0.872. The third-order valence-corrected chi connectivity index (χ3v) is 12.6. The normalized spacial score (nSPS) is 34.0. The first-order valence-corrected chi connectivity index (χ1v) is 27.0. The first-order valence-electron chi connectivity index (χ1n) is 24.9. The molecule has 0 spiro atoms. The summed E-state index contributed by atoms with van der Waals surface area (Å²) in [6, 6.07) is -3.11. The SMILES string of the molecule is CC(=O)OCC1O[C@H](OC(C)=O)C(NC(=O)OC(C)(C)C)[C@@H](C)[C@@H]1C.CC(=O)OCC1O[C@H](OC(C)=O)C(NCl)[C@@H](C)[C@@H]1C.CC(C)(C)OC(=O)NC1[C@@H](O)[C@H](O)C(CO)O[C@@H]1O.ClC(Cl)Cl.OCC1O[C@H](O)C(NCl)[C@@H](O)[C@@H]1O. The molecule has 0 radical (unpaired) electrons. The van der Waals surface area contributed by atoms with Gasteiger partial charge in [0.05, 0.1) is 37.5 Å². The number of aliphatic hydroxyl groups is 8. The second-order valence-corrected chi connectivity index (χ2v) is 23.1. The van der Waals surface area contributed by atoms with E-state index in [2.05, 4.69) is 20.3 Å². The van der Waals surface area contributed by atoms with Gasteiger partial charge in [0.1, 0.15) is 73.1 Å². The molecular weight excluding hydrogens is 1180 g/mol. The predicted octanol–water partition coefficient (Wildman–Crippen LogP) is 1.05. The highest BCUT2D eigenvalue weighted by molar-refractivity contribution is 6.63. The number of alkyl carbamates (subject to hydrolysis) is 2. The van der Waals surface area contributed by atoms with E-state index in [9.17, 15) is 59.4 Å². The lowest BCUT2D eigenvalue weighted by molar-refractivity contribution is -0.253. The standard InChI is InChI=1S/C17H29NO7.C12H20ClNO5.C11H21NO7.C6H12ClNO5.CHCl3/c1-9-10(2)14(18-16(21)25-17(5,6)7)15(23-12(4)20)24-13(9)8-22-11(3)19;1-6-7(2)11(14-13)12(18-9(4)16)19-10(6)5-17-8(3)15;1-11(2,3)19-10(17)12-6-8(15)7(14)5(4-13)18-9(6)16;7-8-3-5(11)4(10)2(1-9)13-6(3)12;2-1(3)4/h9-10,13-15H,8H2,1-7H3,(H,18,21);6-7,10-12,14H,5H2,1-4H3;5-9,13-16H,4H2,1-3H3,(H,12,17);2-6,8-12H,1H2;1H/t9-,10-,13?,14?,15-;6-,7-,10?,11?,12-;5?,6?,7-,8-,9+;2?,3?,4-,5-,6+;/m0011./s1. The molecule has 4 saturated heterocycles. The van der Waals surface area contributed by atoms with Crippen LogP contribution in [0.1, 0.15) is 96.9 Å². The van der Waals surface area contributed by atoms with Crippen LogP contribution in [-0.2, 0) is 66.5 Å². The molecule has 0 aromatic rings. The number of aliphatic hydroxyl groups excluding tert-OH is 8. The fourth-order valence-corrected chi connectivity index (χ4v) is 8.14. The van der Waals surface area contributed by atoms with Gasteiger partial charge in [0, 0.05) is 27.7 Å². The first kappa shape index (κ1) is 77.3. The van der Waals surface area contributed by atoms with Crippen molar-refractivity contribution in [3.05, 3.63) is 0 Å². The van der Waals surface area contributed by atoms with Crippen LogP contribution in [0.25, 0.3) is 0 Å². The zero-order chi connectivity index (χ0) is 62.3. The Morgan fingerprint density at radius 3 is 1.10 bits per heavy atom. The summed E-state index contributed by atoms with van der Waals surface area (Å²) in [6.07, 6.45) is -14.5. The van der Waals surface area contributed by atoms with E-state index in [0.29, 0.717) is 0 Å². The molecule has 4 aliphatic heterocycles. The van der Waals surface area contributed by atoms with Crippen molar-refractivity contribution in [1.29, 1.82) is 0 Å². The second-order valence-electron chi connectivity index (χ2n) is 20.7. The van der Waals surface area contributed by atoms with Gasteiger partial charge in [-0.15, -0.1) is 0 Å². The summed E-state index contributed by atoms with van der Waals surface area (Å²) in [6.45, 7) is 22.4. The van der Waals surface area contributed by atoms with Gasteiger partial charge in [-0.25, -0.2) is 19.3 Å². The lowest BCUT2D eigenvalue weighted by Gasteiger charge is -2.43. The number of hydrogen-bond donors (Lipinski definition) is 12. The second kappa shape index (κ2) is 36.9. The average molecular weight is 1270 g/mol. The van der Waals surface area contributed by atoms with Crippen LogP contribution in [0, 0.1) is 23.7 Å². The van der Waals surface area contributed by atoms with Crippen molar-refractivity contribution in [2.24, 2.45) is 23.7 Å². The highest BCUT2D eigenvalue weighted by Crippen LogP contribution is 2.34. The van der Waals surface area contributed by atoms with Crippen molar-refractivity contribution >= 4 is 94.4 Å². The molecule has 4 rings (SSSR count). The Kier molecular flexibility index (Phi) is 35.7. The largest absolute Gasteiger partial charge is 0.463 e. The molecule has 4 fully saturated rings. The lowest BCUT2D eigenvalue weighted by atomic mass is 9.82. The molecule has 28 nitrogen and oxygen atoms in total. The number of hydrogen-bond acceptors (Lipinski definition) is 26. The maximum Gasteiger partial charge on any atom is 0.408 e. The molecule has 12 N–H and O–H groups in total. The smallest absolute Gasteiger partial charge is 0.408 e. The number of nitrogens with one attached hydrogen (secondary N) is 4. The topological polar surface area (TPSA) is 405 Å². The fourth-order valence-electron chi connectivity index (χ4n) is 7.60. The van der Waals surface area contributed by atoms with Crippen molar-refractivity contribution < 1.29 is 117 Å². The van der Waals surface area contributed by atoms with Crippen LogP contribution in [0.4, 0.5) is 9.59 Å². The van der Waals surface area contributed by atoms with Crippen LogP contribution in [0.15, 0.2) is 0 Å². The molecule has 80 heavy (non-hydrogen) atoms. The number of ether oxygens (including phenoxy) is 10. The number of rotatable bonds is 12. The summed E-state index contributed by atoms with van der Waals surface area (Å²) < 4.78 is 50.9. The van der Waals surface area contributed by atoms with Crippen molar-refractivity contribution in [3.8, 4) is 0 Å². The molecule has 20 atom stereocenters. The lowest BCUT2D eigenvalue weighted by Crippen LogP contribution is -2.64.